The molecule has 4 rings (SSSR count). The Kier molecular flexibility index (Phi) is 7.85. The van der Waals surface area contributed by atoms with Gasteiger partial charge in [0.05, 0.1) is 18.7 Å². The van der Waals surface area contributed by atoms with Crippen molar-refractivity contribution in [3.05, 3.63) is 59.8 Å². The second-order valence-corrected chi connectivity index (χ2v) is 10.2. The van der Waals surface area contributed by atoms with Crippen LogP contribution in [0.15, 0.2) is 42.6 Å². The van der Waals surface area contributed by atoms with Crippen molar-refractivity contribution in [1.82, 2.24) is 20.0 Å². The first-order valence-corrected chi connectivity index (χ1v) is 12.4. The monoisotopic (exact) mass is 537 g/mol. The Morgan fingerprint density at radius 2 is 1.87 bits per heavy atom. The van der Waals surface area contributed by atoms with Crippen LogP contribution >= 0.6 is 0 Å². The van der Waals surface area contributed by atoms with Crippen molar-refractivity contribution in [3.8, 4) is 34.2 Å². The first-order chi connectivity index (χ1) is 18.5. The minimum Gasteiger partial charge on any atom is -0.494 e. The molecule has 0 saturated carbocycles. The molecule has 0 bridgehead atoms. The number of nitrogens with one attached hydrogen (secondary N) is 1. The summed E-state index contributed by atoms with van der Waals surface area (Å²) >= 11 is 0. The largest absolute Gasteiger partial charge is 0.494 e. The molecule has 3 aromatic rings. The number of hydrogen-bond donors (Lipinski definition) is 1. The topological polar surface area (TPSA) is 109 Å². The zero-order chi connectivity index (χ0) is 28.3. The van der Waals surface area contributed by atoms with E-state index in [2.05, 4.69) is 10.4 Å². The Bertz CT molecular complexity index is 1440. The average Bonchev–Trinajstić information content (AvgIpc) is 3.50. The first-order valence-electron chi connectivity index (χ1n) is 12.4. The van der Waals surface area contributed by atoms with E-state index in [-0.39, 0.29) is 29.8 Å². The van der Waals surface area contributed by atoms with Gasteiger partial charge in [-0.1, -0.05) is 12.1 Å². The number of aromatic nitrogens is 2. The van der Waals surface area contributed by atoms with Crippen LogP contribution in [-0.2, 0) is 16.1 Å². The molecule has 1 aliphatic rings. The number of hydrogen-bond acceptors (Lipinski definition) is 6. The number of carbonyl (C=O) groups excluding carboxylic acids is 2. The molecular formula is C28H29F2N5O4. The lowest BCUT2D eigenvalue weighted by Gasteiger charge is -2.22. The zero-order valence-electron chi connectivity index (χ0n) is 22.1. The molecule has 11 heteroatoms. The summed E-state index contributed by atoms with van der Waals surface area (Å²) in [5.41, 5.74) is 0.870. The molecular weight excluding hydrogens is 508 g/mol. The molecule has 1 aromatic heterocycles. The lowest BCUT2D eigenvalue weighted by Crippen LogP contribution is -2.41. The molecule has 0 spiro atoms. The predicted molar refractivity (Wildman–Crippen MR) is 139 cm³/mol. The Morgan fingerprint density at radius 1 is 1.15 bits per heavy atom. The van der Waals surface area contributed by atoms with Crippen LogP contribution in [0.4, 0.5) is 13.6 Å². The van der Waals surface area contributed by atoms with Crippen molar-refractivity contribution in [2.75, 3.05) is 20.2 Å². The normalized spacial score (nSPS) is 15.1. The van der Waals surface area contributed by atoms with Gasteiger partial charge in [0, 0.05) is 30.4 Å². The quantitative estimate of drug-likeness (QED) is 0.496. The highest BCUT2D eigenvalue weighted by molar-refractivity contribution is 5.82. The Labute approximate surface area is 224 Å². The highest BCUT2D eigenvalue weighted by Crippen LogP contribution is 2.34. The molecule has 2 amide bonds. The third-order valence-corrected chi connectivity index (χ3v) is 6.15. The molecule has 1 atom stereocenters. The second-order valence-electron chi connectivity index (χ2n) is 10.2. The number of rotatable bonds is 6. The standard InChI is InChI=1S/C28H29F2N5O4/c1-28(2,3)39-27(37)32-20-9-10-34(14-20)25(36)16-35-15-21(17-7-8-24(38-4)23(30)11-17)26(33-35)18-5-6-19(13-31)22(29)12-18/h5-8,11-12,15,20H,9-10,14,16H2,1-4H3,(H,32,37)/t20-/m1/s1. The molecule has 1 N–H and O–H groups in total. The number of halogens is 2. The number of carbonyl (C=O) groups is 2. The number of nitrogens with zero attached hydrogens (tertiary/aromatic N) is 4. The SMILES string of the molecule is COc1ccc(-c2cn(CC(=O)N3CC[C@@H](NC(=O)OC(C)(C)C)C3)nc2-c2ccc(C#N)c(F)c2)cc1F. The summed E-state index contributed by atoms with van der Waals surface area (Å²) in [6.45, 7) is 5.97. The molecule has 2 heterocycles. The van der Waals surface area contributed by atoms with E-state index in [1.54, 1.807) is 50.1 Å². The van der Waals surface area contributed by atoms with Crippen LogP contribution in [0.1, 0.15) is 32.8 Å². The number of ether oxygens (including phenoxy) is 2. The van der Waals surface area contributed by atoms with Gasteiger partial charge in [0.2, 0.25) is 5.91 Å². The first kappa shape index (κ1) is 27.6. The molecule has 2 aromatic carbocycles. The van der Waals surface area contributed by atoms with Gasteiger partial charge in [0.25, 0.3) is 0 Å². The molecule has 0 aliphatic carbocycles. The number of benzene rings is 2. The Morgan fingerprint density at radius 3 is 2.51 bits per heavy atom. The molecule has 0 radical (unpaired) electrons. The zero-order valence-corrected chi connectivity index (χ0v) is 22.1. The second kappa shape index (κ2) is 11.1. The van der Waals surface area contributed by atoms with E-state index in [4.69, 9.17) is 14.7 Å². The van der Waals surface area contributed by atoms with Crippen LogP contribution in [-0.4, -0.2) is 58.5 Å². The van der Waals surface area contributed by atoms with E-state index >= 15 is 0 Å². The highest BCUT2D eigenvalue weighted by Gasteiger charge is 2.29. The third-order valence-electron chi connectivity index (χ3n) is 6.15. The summed E-state index contributed by atoms with van der Waals surface area (Å²) in [6.07, 6.45) is 1.64. The van der Waals surface area contributed by atoms with E-state index in [9.17, 15) is 18.4 Å². The van der Waals surface area contributed by atoms with E-state index in [0.717, 1.165) is 0 Å². The summed E-state index contributed by atoms with van der Waals surface area (Å²) in [6, 6.07) is 10.0. The van der Waals surface area contributed by atoms with Crippen molar-refractivity contribution in [1.29, 1.82) is 5.26 Å². The van der Waals surface area contributed by atoms with Crippen molar-refractivity contribution in [2.45, 2.75) is 45.4 Å². The van der Waals surface area contributed by atoms with Crippen LogP contribution in [0, 0.1) is 23.0 Å². The van der Waals surface area contributed by atoms with Crippen molar-refractivity contribution >= 4 is 12.0 Å². The van der Waals surface area contributed by atoms with Crippen molar-refractivity contribution < 1.29 is 27.8 Å². The number of methoxy groups -OCH3 is 1. The number of alkyl carbamates (subject to hydrolysis) is 1. The summed E-state index contributed by atoms with van der Waals surface area (Å²) in [4.78, 5) is 26.8. The van der Waals surface area contributed by atoms with Gasteiger partial charge >= 0.3 is 6.09 Å². The van der Waals surface area contributed by atoms with Gasteiger partial charge in [0.15, 0.2) is 11.6 Å². The highest BCUT2D eigenvalue weighted by atomic mass is 19.1. The number of likely N-dealkylation sites (tertiary alicyclic amines) is 1. The molecule has 1 fully saturated rings. The van der Waals surface area contributed by atoms with Gasteiger partial charge < -0.3 is 19.7 Å². The van der Waals surface area contributed by atoms with E-state index in [1.807, 2.05) is 0 Å². The molecule has 39 heavy (non-hydrogen) atoms. The van der Waals surface area contributed by atoms with E-state index in [1.165, 1.54) is 36.1 Å². The maximum absolute atomic E-state index is 14.5. The maximum atomic E-state index is 14.5. The van der Waals surface area contributed by atoms with Gasteiger partial charge in [-0.15, -0.1) is 0 Å². The van der Waals surface area contributed by atoms with Gasteiger partial charge in [-0.25, -0.2) is 13.6 Å². The minimum atomic E-state index is -0.715. The summed E-state index contributed by atoms with van der Waals surface area (Å²) in [5.74, 6) is -1.46. The number of nitriles is 1. The lowest BCUT2D eigenvalue weighted by molar-refractivity contribution is -0.131. The summed E-state index contributed by atoms with van der Waals surface area (Å²) in [7, 11) is 1.36. The molecule has 204 valence electrons. The molecule has 9 nitrogen and oxygen atoms in total. The van der Waals surface area contributed by atoms with Crippen LogP contribution < -0.4 is 10.1 Å². The van der Waals surface area contributed by atoms with Gasteiger partial charge in [-0.2, -0.15) is 10.4 Å². The fraction of sp³-hybridized carbons (Fsp3) is 0.357. The van der Waals surface area contributed by atoms with Crippen LogP contribution in [0.25, 0.3) is 22.4 Å². The van der Waals surface area contributed by atoms with E-state index in [0.29, 0.717) is 41.9 Å². The fourth-order valence-electron chi connectivity index (χ4n) is 4.33. The van der Waals surface area contributed by atoms with Gasteiger partial charge in [-0.3, -0.25) is 9.48 Å². The summed E-state index contributed by atoms with van der Waals surface area (Å²) in [5, 5.41) is 16.4. The predicted octanol–water partition coefficient (Wildman–Crippen LogP) is 4.50. The fourth-order valence-corrected chi connectivity index (χ4v) is 4.33. The smallest absolute Gasteiger partial charge is 0.407 e. The lowest BCUT2D eigenvalue weighted by atomic mass is 10.0. The van der Waals surface area contributed by atoms with E-state index < -0.39 is 23.3 Å². The minimum absolute atomic E-state index is 0.0656. The van der Waals surface area contributed by atoms with Crippen molar-refractivity contribution in [3.63, 3.8) is 0 Å². The van der Waals surface area contributed by atoms with Crippen LogP contribution in [0.2, 0.25) is 0 Å². The van der Waals surface area contributed by atoms with Gasteiger partial charge in [0.1, 0.15) is 29.7 Å². The maximum Gasteiger partial charge on any atom is 0.407 e. The molecule has 1 saturated heterocycles. The number of amides is 2. The summed E-state index contributed by atoms with van der Waals surface area (Å²) < 4.78 is 40.7. The Balaban J connectivity index is 1.57. The average molecular weight is 538 g/mol. The van der Waals surface area contributed by atoms with Gasteiger partial charge in [-0.05, 0) is 57.0 Å². The third kappa shape index (κ3) is 6.52. The van der Waals surface area contributed by atoms with Crippen LogP contribution in [0.3, 0.4) is 0 Å². The van der Waals surface area contributed by atoms with Crippen molar-refractivity contribution in [2.24, 2.45) is 0 Å². The van der Waals surface area contributed by atoms with Crippen LogP contribution in [0.5, 0.6) is 5.75 Å². The molecule has 0 unspecified atom stereocenters. The molecule has 1 aliphatic heterocycles. The Hall–Kier alpha value is -4.46.